The van der Waals surface area contributed by atoms with Crippen molar-refractivity contribution in [2.45, 2.75) is 19.9 Å². The van der Waals surface area contributed by atoms with Crippen LogP contribution >= 0.6 is 12.4 Å². The summed E-state index contributed by atoms with van der Waals surface area (Å²) >= 11 is 0. The molecule has 0 saturated heterocycles. The highest BCUT2D eigenvalue weighted by Crippen LogP contribution is 2.33. The number of hydrogen-bond donors (Lipinski definition) is 2. The number of halogens is 1. The minimum absolute atomic E-state index is 0. The third-order valence-electron chi connectivity index (χ3n) is 2.93. The Hall–Kier alpha value is -1.46. The topological polar surface area (TPSA) is 59.6 Å². The van der Waals surface area contributed by atoms with Crippen molar-refractivity contribution in [3.8, 4) is 11.5 Å². The highest BCUT2D eigenvalue weighted by atomic mass is 35.5. The second kappa shape index (κ2) is 7.97. The molecule has 0 aliphatic carbocycles. The molecule has 1 atom stereocenters. The van der Waals surface area contributed by atoms with Gasteiger partial charge in [-0.25, -0.2) is 0 Å². The maximum absolute atomic E-state index is 12.2. The summed E-state index contributed by atoms with van der Waals surface area (Å²) in [5.41, 5.74) is 0.529. The number of fused-ring (bicyclic) bond motifs is 1. The van der Waals surface area contributed by atoms with Crippen LogP contribution < -0.4 is 20.1 Å². The SMILES string of the molecule is CCN[C@H](C)CNC(=O)c1cccc2c1OCCO2.Cl. The number of carbonyl (C=O) groups is 1. The van der Waals surface area contributed by atoms with Crippen LogP contribution in [0.25, 0.3) is 0 Å². The van der Waals surface area contributed by atoms with Crippen molar-refractivity contribution in [2.24, 2.45) is 0 Å². The molecule has 5 nitrogen and oxygen atoms in total. The lowest BCUT2D eigenvalue weighted by atomic mass is 10.1. The Morgan fingerprint density at radius 3 is 2.85 bits per heavy atom. The number of hydrogen-bond acceptors (Lipinski definition) is 4. The number of benzene rings is 1. The average Bonchev–Trinajstić information content (AvgIpc) is 2.44. The van der Waals surface area contributed by atoms with E-state index in [0.29, 0.717) is 36.8 Å². The Kier molecular flexibility index (Phi) is 6.61. The van der Waals surface area contributed by atoms with Crippen molar-refractivity contribution < 1.29 is 14.3 Å². The maximum atomic E-state index is 12.2. The molecule has 0 saturated carbocycles. The lowest BCUT2D eigenvalue weighted by molar-refractivity contribution is 0.0939. The highest BCUT2D eigenvalue weighted by Gasteiger charge is 2.20. The van der Waals surface area contributed by atoms with Gasteiger partial charge in [0.05, 0.1) is 5.56 Å². The molecule has 1 amide bonds. The van der Waals surface area contributed by atoms with Crippen LogP contribution in [0.3, 0.4) is 0 Å². The standard InChI is InChI=1S/C14H20N2O3.ClH/c1-3-15-10(2)9-16-14(17)11-5-4-6-12-13(11)19-8-7-18-12;/h4-6,10,15H,3,7-9H2,1-2H3,(H,16,17);1H/t10-;/m1./s1. The predicted octanol–water partition coefficient (Wildman–Crippen LogP) is 1.61. The van der Waals surface area contributed by atoms with E-state index in [4.69, 9.17) is 9.47 Å². The Balaban J connectivity index is 0.00000200. The monoisotopic (exact) mass is 300 g/mol. The first-order valence-corrected chi connectivity index (χ1v) is 6.62. The number of nitrogens with one attached hydrogen (secondary N) is 2. The van der Waals surface area contributed by atoms with Crippen LogP contribution in [-0.2, 0) is 0 Å². The molecule has 0 unspecified atom stereocenters. The van der Waals surface area contributed by atoms with E-state index >= 15 is 0 Å². The molecule has 1 aromatic carbocycles. The van der Waals surface area contributed by atoms with Gasteiger partial charge in [-0.2, -0.15) is 0 Å². The van der Waals surface area contributed by atoms with E-state index in [1.54, 1.807) is 12.1 Å². The summed E-state index contributed by atoms with van der Waals surface area (Å²) in [6.07, 6.45) is 0. The largest absolute Gasteiger partial charge is 0.486 e. The fourth-order valence-electron chi connectivity index (χ4n) is 2.01. The van der Waals surface area contributed by atoms with Crippen LogP contribution in [0.5, 0.6) is 11.5 Å². The summed E-state index contributed by atoms with van der Waals surface area (Å²) in [6.45, 7) is 6.54. The first kappa shape index (κ1) is 16.6. The van der Waals surface area contributed by atoms with Crippen molar-refractivity contribution in [3.63, 3.8) is 0 Å². The summed E-state index contributed by atoms with van der Waals surface area (Å²) < 4.78 is 11.0. The summed E-state index contributed by atoms with van der Waals surface area (Å²) in [6, 6.07) is 5.61. The third-order valence-corrected chi connectivity index (χ3v) is 2.93. The first-order valence-electron chi connectivity index (χ1n) is 6.62. The number of likely N-dealkylation sites (N-methyl/N-ethyl adjacent to an activating group) is 1. The normalized spacial score (nSPS) is 14.1. The minimum Gasteiger partial charge on any atom is -0.486 e. The minimum atomic E-state index is -0.132. The molecule has 1 aliphatic heterocycles. The molecule has 1 heterocycles. The summed E-state index contributed by atoms with van der Waals surface area (Å²) in [5, 5.41) is 6.14. The molecular formula is C14H21ClN2O3. The molecule has 0 fully saturated rings. The Morgan fingerprint density at radius 1 is 1.35 bits per heavy atom. The molecule has 0 bridgehead atoms. The number of amides is 1. The molecular weight excluding hydrogens is 280 g/mol. The molecule has 0 aromatic heterocycles. The van der Waals surface area contributed by atoms with Crippen molar-refractivity contribution in [3.05, 3.63) is 23.8 Å². The van der Waals surface area contributed by atoms with E-state index in [-0.39, 0.29) is 24.4 Å². The second-order valence-electron chi connectivity index (χ2n) is 4.50. The fourth-order valence-corrected chi connectivity index (χ4v) is 2.01. The molecule has 1 aromatic rings. The van der Waals surface area contributed by atoms with Crippen molar-refractivity contribution in [1.82, 2.24) is 10.6 Å². The van der Waals surface area contributed by atoms with E-state index in [1.165, 1.54) is 0 Å². The Labute approximate surface area is 125 Å². The number of rotatable bonds is 5. The third kappa shape index (κ3) is 4.02. The zero-order chi connectivity index (χ0) is 13.7. The van der Waals surface area contributed by atoms with E-state index in [1.807, 2.05) is 19.9 Å². The van der Waals surface area contributed by atoms with E-state index in [9.17, 15) is 4.79 Å². The molecule has 2 rings (SSSR count). The molecule has 6 heteroatoms. The van der Waals surface area contributed by atoms with Gasteiger partial charge < -0.3 is 20.1 Å². The van der Waals surface area contributed by atoms with E-state index in [2.05, 4.69) is 10.6 Å². The van der Waals surface area contributed by atoms with Gasteiger partial charge in [-0.05, 0) is 25.6 Å². The van der Waals surface area contributed by atoms with Gasteiger partial charge in [0.1, 0.15) is 13.2 Å². The van der Waals surface area contributed by atoms with E-state index < -0.39 is 0 Å². The van der Waals surface area contributed by atoms with Gasteiger partial charge in [0.25, 0.3) is 5.91 Å². The van der Waals surface area contributed by atoms with Gasteiger partial charge >= 0.3 is 0 Å². The van der Waals surface area contributed by atoms with Crippen molar-refractivity contribution >= 4 is 18.3 Å². The van der Waals surface area contributed by atoms with Crippen LogP contribution in [0.4, 0.5) is 0 Å². The van der Waals surface area contributed by atoms with Gasteiger partial charge in [-0.15, -0.1) is 12.4 Å². The lowest BCUT2D eigenvalue weighted by Crippen LogP contribution is -2.39. The zero-order valence-corrected chi connectivity index (χ0v) is 12.6. The fraction of sp³-hybridized carbons (Fsp3) is 0.500. The van der Waals surface area contributed by atoms with Crippen molar-refractivity contribution in [2.75, 3.05) is 26.3 Å². The smallest absolute Gasteiger partial charge is 0.255 e. The Morgan fingerprint density at radius 2 is 2.10 bits per heavy atom. The number of ether oxygens (including phenoxy) is 2. The van der Waals surface area contributed by atoms with Crippen LogP contribution in [0, 0.1) is 0 Å². The molecule has 0 spiro atoms. The van der Waals surface area contributed by atoms with Gasteiger partial charge in [-0.1, -0.05) is 13.0 Å². The molecule has 2 N–H and O–H groups in total. The second-order valence-corrected chi connectivity index (χ2v) is 4.50. The number of carbonyl (C=O) groups excluding carboxylic acids is 1. The van der Waals surface area contributed by atoms with E-state index in [0.717, 1.165) is 6.54 Å². The summed E-state index contributed by atoms with van der Waals surface area (Å²) in [7, 11) is 0. The van der Waals surface area contributed by atoms with Gasteiger partial charge in [0.2, 0.25) is 0 Å². The predicted molar refractivity (Wildman–Crippen MR) is 80.2 cm³/mol. The molecule has 20 heavy (non-hydrogen) atoms. The highest BCUT2D eigenvalue weighted by molar-refractivity contribution is 5.97. The molecule has 1 aliphatic rings. The van der Waals surface area contributed by atoms with Crippen LogP contribution in [0.1, 0.15) is 24.2 Å². The Bertz CT molecular complexity index is 454. The lowest BCUT2D eigenvalue weighted by Gasteiger charge is -2.21. The van der Waals surface area contributed by atoms with Crippen LogP contribution in [-0.4, -0.2) is 38.3 Å². The summed E-state index contributed by atoms with van der Waals surface area (Å²) in [5.74, 6) is 1.05. The van der Waals surface area contributed by atoms with Crippen molar-refractivity contribution in [1.29, 1.82) is 0 Å². The van der Waals surface area contributed by atoms with Gasteiger partial charge in [0, 0.05) is 12.6 Å². The first-order chi connectivity index (χ1) is 9.22. The van der Waals surface area contributed by atoms with Crippen LogP contribution in [0.2, 0.25) is 0 Å². The molecule has 112 valence electrons. The zero-order valence-electron chi connectivity index (χ0n) is 11.8. The summed E-state index contributed by atoms with van der Waals surface area (Å²) in [4.78, 5) is 12.2. The maximum Gasteiger partial charge on any atom is 0.255 e. The van der Waals surface area contributed by atoms with Gasteiger partial charge in [0.15, 0.2) is 11.5 Å². The quantitative estimate of drug-likeness (QED) is 0.867. The molecule has 0 radical (unpaired) electrons. The van der Waals surface area contributed by atoms with Crippen LogP contribution in [0.15, 0.2) is 18.2 Å². The number of para-hydroxylation sites is 1. The van der Waals surface area contributed by atoms with Gasteiger partial charge in [-0.3, -0.25) is 4.79 Å². The average molecular weight is 301 g/mol.